The fourth-order valence-corrected chi connectivity index (χ4v) is 2.17. The Hall–Kier alpha value is -1.36. The first-order valence-corrected chi connectivity index (χ1v) is 6.12. The van der Waals surface area contributed by atoms with Crippen LogP contribution in [0, 0.1) is 0 Å². The van der Waals surface area contributed by atoms with E-state index in [0.29, 0.717) is 5.82 Å². The maximum absolute atomic E-state index is 5.83. The summed E-state index contributed by atoms with van der Waals surface area (Å²) in [5.41, 5.74) is 6.73. The lowest BCUT2D eigenvalue weighted by Gasteiger charge is -2.24. The van der Waals surface area contributed by atoms with E-state index in [1.807, 2.05) is 6.92 Å². The van der Waals surface area contributed by atoms with Crippen molar-refractivity contribution in [3.05, 3.63) is 11.9 Å². The molecule has 3 N–H and O–H groups in total. The van der Waals surface area contributed by atoms with Gasteiger partial charge in [0.2, 0.25) is 0 Å². The number of rotatable bonds is 4. The van der Waals surface area contributed by atoms with E-state index in [0.717, 1.165) is 43.8 Å². The predicted molar refractivity (Wildman–Crippen MR) is 67.9 cm³/mol. The van der Waals surface area contributed by atoms with Crippen LogP contribution in [0.1, 0.15) is 32.3 Å². The highest BCUT2D eigenvalue weighted by atomic mass is 16.5. The Kier molecular flexibility index (Phi) is 3.47. The maximum atomic E-state index is 5.83. The lowest BCUT2D eigenvalue weighted by Crippen LogP contribution is -2.33. The number of nitrogens with one attached hydrogen (secondary N) is 1. The number of ether oxygens (including phenoxy) is 1. The molecule has 0 saturated carbocycles. The van der Waals surface area contributed by atoms with Crippen LogP contribution in [-0.4, -0.2) is 28.7 Å². The average Bonchev–Trinajstić information content (AvgIpc) is 2.74. The van der Waals surface area contributed by atoms with Crippen LogP contribution in [0.25, 0.3) is 0 Å². The van der Waals surface area contributed by atoms with Crippen molar-refractivity contribution in [3.63, 3.8) is 0 Å². The Morgan fingerprint density at radius 3 is 3.00 bits per heavy atom. The number of aromatic nitrogens is 2. The third-order valence-corrected chi connectivity index (χ3v) is 3.26. The molecule has 0 bridgehead atoms. The van der Waals surface area contributed by atoms with Crippen LogP contribution in [-0.2, 0) is 11.2 Å². The van der Waals surface area contributed by atoms with Crippen molar-refractivity contribution < 1.29 is 4.74 Å². The number of hydrogen-bond acceptors (Lipinski definition) is 5. The van der Waals surface area contributed by atoms with Gasteiger partial charge in [-0.3, -0.25) is 0 Å². The minimum Gasteiger partial charge on any atom is -0.383 e. The van der Waals surface area contributed by atoms with Crippen LogP contribution in [0.15, 0.2) is 6.33 Å². The smallest absolute Gasteiger partial charge is 0.134 e. The van der Waals surface area contributed by atoms with Crippen molar-refractivity contribution in [2.45, 2.75) is 38.7 Å². The predicted octanol–water partition coefficient (Wildman–Crippen LogP) is 1.60. The second-order valence-corrected chi connectivity index (χ2v) is 4.70. The van der Waals surface area contributed by atoms with E-state index < -0.39 is 0 Å². The molecule has 1 aromatic rings. The highest BCUT2D eigenvalue weighted by Crippen LogP contribution is 2.26. The Morgan fingerprint density at radius 1 is 1.53 bits per heavy atom. The van der Waals surface area contributed by atoms with Crippen molar-refractivity contribution in [1.82, 2.24) is 9.97 Å². The van der Waals surface area contributed by atoms with Gasteiger partial charge in [-0.1, -0.05) is 6.92 Å². The summed E-state index contributed by atoms with van der Waals surface area (Å²) < 4.78 is 5.73. The molecule has 17 heavy (non-hydrogen) atoms. The Labute approximate surface area is 102 Å². The Morgan fingerprint density at radius 2 is 2.35 bits per heavy atom. The molecule has 94 valence electrons. The second kappa shape index (κ2) is 4.87. The lowest BCUT2D eigenvalue weighted by atomic mass is 10.0. The fraction of sp³-hybridized carbons (Fsp3) is 0.667. The number of nitrogens with two attached hydrogens (primary N) is 1. The van der Waals surface area contributed by atoms with Crippen LogP contribution in [0.2, 0.25) is 0 Å². The van der Waals surface area contributed by atoms with E-state index in [1.165, 1.54) is 6.33 Å². The van der Waals surface area contributed by atoms with E-state index in [2.05, 4.69) is 22.2 Å². The maximum Gasteiger partial charge on any atom is 0.134 e. The monoisotopic (exact) mass is 236 g/mol. The summed E-state index contributed by atoms with van der Waals surface area (Å²) in [6.07, 6.45) is 4.54. The molecule has 1 saturated heterocycles. The van der Waals surface area contributed by atoms with Crippen LogP contribution >= 0.6 is 0 Å². The van der Waals surface area contributed by atoms with Gasteiger partial charge in [0.05, 0.1) is 5.60 Å². The molecule has 2 heterocycles. The molecule has 5 nitrogen and oxygen atoms in total. The summed E-state index contributed by atoms with van der Waals surface area (Å²) >= 11 is 0. The summed E-state index contributed by atoms with van der Waals surface area (Å²) in [5, 5.41) is 3.33. The molecule has 1 unspecified atom stereocenters. The van der Waals surface area contributed by atoms with E-state index in [4.69, 9.17) is 10.5 Å². The molecular weight excluding hydrogens is 216 g/mol. The van der Waals surface area contributed by atoms with Gasteiger partial charge in [0.25, 0.3) is 0 Å². The summed E-state index contributed by atoms with van der Waals surface area (Å²) in [4.78, 5) is 8.25. The van der Waals surface area contributed by atoms with Crippen LogP contribution < -0.4 is 11.1 Å². The van der Waals surface area contributed by atoms with Gasteiger partial charge in [-0.15, -0.1) is 0 Å². The van der Waals surface area contributed by atoms with Crippen molar-refractivity contribution in [2.75, 3.05) is 24.2 Å². The number of anilines is 2. The molecule has 2 rings (SSSR count). The lowest BCUT2D eigenvalue weighted by molar-refractivity contribution is 0.0314. The van der Waals surface area contributed by atoms with Crippen LogP contribution in [0.4, 0.5) is 11.6 Å². The normalized spacial score (nSPS) is 23.9. The quantitative estimate of drug-likeness (QED) is 0.830. The zero-order valence-corrected chi connectivity index (χ0v) is 10.5. The van der Waals surface area contributed by atoms with Crippen molar-refractivity contribution in [1.29, 1.82) is 0 Å². The zero-order valence-electron chi connectivity index (χ0n) is 10.5. The van der Waals surface area contributed by atoms with Gasteiger partial charge in [0.15, 0.2) is 0 Å². The molecule has 0 amide bonds. The molecular formula is C12H20N4O. The van der Waals surface area contributed by atoms with E-state index in [9.17, 15) is 0 Å². The minimum atomic E-state index is -0.0786. The average molecular weight is 236 g/mol. The number of hydrogen-bond donors (Lipinski definition) is 2. The van der Waals surface area contributed by atoms with Crippen LogP contribution in [0.5, 0.6) is 0 Å². The standard InChI is InChI=1S/C12H20N4O/c1-3-9-10(13)15-8-16-11(9)14-7-12(2)5-4-6-17-12/h8H,3-7H2,1-2H3,(H3,13,14,15,16). The molecule has 1 atom stereocenters. The van der Waals surface area contributed by atoms with Crippen molar-refractivity contribution >= 4 is 11.6 Å². The molecule has 1 aliphatic rings. The molecule has 5 heteroatoms. The molecule has 0 spiro atoms. The fourth-order valence-electron chi connectivity index (χ4n) is 2.17. The van der Waals surface area contributed by atoms with Gasteiger partial charge in [-0.25, -0.2) is 9.97 Å². The highest BCUT2D eigenvalue weighted by Gasteiger charge is 2.29. The minimum absolute atomic E-state index is 0.0786. The summed E-state index contributed by atoms with van der Waals surface area (Å²) in [7, 11) is 0. The molecule has 1 aromatic heterocycles. The van der Waals surface area contributed by atoms with Gasteiger partial charge in [0, 0.05) is 18.7 Å². The van der Waals surface area contributed by atoms with Gasteiger partial charge < -0.3 is 15.8 Å². The van der Waals surface area contributed by atoms with Crippen molar-refractivity contribution in [3.8, 4) is 0 Å². The first kappa shape index (κ1) is 12.1. The highest BCUT2D eigenvalue weighted by molar-refractivity contribution is 5.54. The second-order valence-electron chi connectivity index (χ2n) is 4.70. The largest absolute Gasteiger partial charge is 0.383 e. The molecule has 1 fully saturated rings. The van der Waals surface area contributed by atoms with Gasteiger partial charge in [-0.05, 0) is 26.2 Å². The third-order valence-electron chi connectivity index (χ3n) is 3.26. The summed E-state index contributed by atoms with van der Waals surface area (Å²) in [5.74, 6) is 1.39. The molecule has 0 aliphatic carbocycles. The van der Waals surface area contributed by atoms with Crippen molar-refractivity contribution in [2.24, 2.45) is 0 Å². The topological polar surface area (TPSA) is 73.1 Å². The SMILES string of the molecule is CCc1c(N)ncnc1NCC1(C)CCCO1. The molecule has 0 aromatic carbocycles. The first-order chi connectivity index (χ1) is 8.14. The van der Waals surface area contributed by atoms with Gasteiger partial charge in [-0.2, -0.15) is 0 Å². The third kappa shape index (κ3) is 2.66. The van der Waals surface area contributed by atoms with E-state index >= 15 is 0 Å². The number of nitrogen functional groups attached to an aromatic ring is 1. The molecule has 0 radical (unpaired) electrons. The zero-order chi connectivity index (χ0) is 12.3. The summed E-state index contributed by atoms with van der Waals surface area (Å²) in [6, 6.07) is 0. The Balaban J connectivity index is 2.06. The van der Waals surface area contributed by atoms with E-state index in [1.54, 1.807) is 0 Å². The van der Waals surface area contributed by atoms with Crippen LogP contribution in [0.3, 0.4) is 0 Å². The molecule has 1 aliphatic heterocycles. The Bertz CT molecular complexity index is 388. The summed E-state index contributed by atoms with van der Waals surface area (Å²) in [6.45, 7) is 5.79. The number of nitrogens with zero attached hydrogens (tertiary/aromatic N) is 2. The van der Waals surface area contributed by atoms with Gasteiger partial charge in [0.1, 0.15) is 18.0 Å². The van der Waals surface area contributed by atoms with Gasteiger partial charge >= 0.3 is 0 Å². The van der Waals surface area contributed by atoms with E-state index in [-0.39, 0.29) is 5.60 Å². The first-order valence-electron chi connectivity index (χ1n) is 6.12.